The van der Waals surface area contributed by atoms with Gasteiger partial charge < -0.3 is 4.98 Å². The molecule has 112 valence electrons. The van der Waals surface area contributed by atoms with Crippen molar-refractivity contribution in [2.24, 2.45) is 0 Å². The van der Waals surface area contributed by atoms with Crippen LogP contribution in [-0.2, 0) is 24.9 Å². The van der Waals surface area contributed by atoms with Crippen molar-refractivity contribution in [2.75, 3.05) is 6.54 Å². The monoisotopic (exact) mass is 285 g/mol. The Morgan fingerprint density at radius 1 is 1.24 bits per heavy atom. The maximum atomic E-state index is 4.77. The van der Waals surface area contributed by atoms with Gasteiger partial charge in [0.05, 0.1) is 6.54 Å². The molecule has 0 aromatic carbocycles. The lowest BCUT2D eigenvalue weighted by molar-refractivity contribution is 0.237. The Balaban J connectivity index is 1.74. The van der Waals surface area contributed by atoms with Crippen molar-refractivity contribution in [3.63, 3.8) is 0 Å². The first-order chi connectivity index (χ1) is 9.91. The van der Waals surface area contributed by atoms with Crippen LogP contribution in [-0.4, -0.2) is 31.4 Å². The minimum Gasteiger partial charge on any atom is -0.345 e. The zero-order valence-corrected chi connectivity index (χ0v) is 13.3. The smallest absolute Gasteiger partial charge is 0.133 e. The number of nitrogens with zero attached hydrogens (tertiary/aromatic N) is 4. The molecule has 0 unspecified atom stereocenters. The number of fused-ring (bicyclic) bond motifs is 1. The predicted molar refractivity (Wildman–Crippen MR) is 81.9 cm³/mol. The highest BCUT2D eigenvalue weighted by atomic mass is 15.2. The van der Waals surface area contributed by atoms with Gasteiger partial charge in [-0.3, -0.25) is 4.90 Å². The normalized spacial score (nSPS) is 16.0. The number of H-pyrrole nitrogens is 1. The zero-order chi connectivity index (χ0) is 15.0. The average Bonchev–Trinajstić information content (AvgIpc) is 2.82. The van der Waals surface area contributed by atoms with Gasteiger partial charge in [-0.1, -0.05) is 20.8 Å². The second-order valence-corrected chi connectivity index (χ2v) is 6.89. The van der Waals surface area contributed by atoms with Crippen LogP contribution in [0.25, 0.3) is 0 Å². The number of nitrogens with one attached hydrogen (secondary N) is 1. The maximum absolute atomic E-state index is 4.77. The molecule has 5 nitrogen and oxygen atoms in total. The van der Waals surface area contributed by atoms with Crippen molar-refractivity contribution in [3.8, 4) is 0 Å². The number of aromatic nitrogens is 4. The Bertz CT molecular complexity index is 638. The van der Waals surface area contributed by atoms with Gasteiger partial charge in [0.1, 0.15) is 11.6 Å². The quantitative estimate of drug-likeness (QED) is 0.920. The lowest BCUT2D eigenvalue weighted by Gasteiger charge is -2.28. The van der Waals surface area contributed by atoms with Crippen molar-refractivity contribution in [3.05, 3.63) is 41.0 Å². The summed E-state index contributed by atoms with van der Waals surface area (Å²) in [6.45, 7) is 11.3. The molecule has 1 aliphatic heterocycles. The highest BCUT2D eigenvalue weighted by molar-refractivity contribution is 5.22. The number of aryl methyl sites for hydroxylation is 1. The van der Waals surface area contributed by atoms with Gasteiger partial charge in [-0.2, -0.15) is 0 Å². The summed E-state index contributed by atoms with van der Waals surface area (Å²) in [6, 6.07) is 0. The van der Waals surface area contributed by atoms with Crippen LogP contribution in [0.5, 0.6) is 0 Å². The fraction of sp³-hybridized carbons (Fsp3) is 0.562. The van der Waals surface area contributed by atoms with E-state index in [1.165, 1.54) is 11.3 Å². The molecule has 5 heteroatoms. The number of imidazole rings is 1. The summed E-state index contributed by atoms with van der Waals surface area (Å²) in [5, 5.41) is 0. The second-order valence-electron chi connectivity index (χ2n) is 6.89. The lowest BCUT2D eigenvalue weighted by Crippen LogP contribution is -2.32. The van der Waals surface area contributed by atoms with Crippen LogP contribution < -0.4 is 0 Å². The standard InChI is InChI=1S/C16H23N5/c1-11-7-17-14(19-11)10-21-6-5-13-12(9-21)8-18-15(20-13)16(2,3)4/h7-8H,5-6,9-10H2,1-4H3,(H,17,19). The molecule has 3 rings (SSSR count). The third-order valence-corrected chi connectivity index (χ3v) is 3.81. The molecule has 0 aliphatic carbocycles. The van der Waals surface area contributed by atoms with E-state index in [0.717, 1.165) is 43.4 Å². The number of rotatable bonds is 2. The predicted octanol–water partition coefficient (Wildman–Crippen LogP) is 2.36. The van der Waals surface area contributed by atoms with Gasteiger partial charge in [-0.25, -0.2) is 15.0 Å². The number of hydrogen-bond donors (Lipinski definition) is 1. The third-order valence-electron chi connectivity index (χ3n) is 3.81. The average molecular weight is 285 g/mol. The molecule has 1 N–H and O–H groups in total. The molecule has 3 heterocycles. The van der Waals surface area contributed by atoms with E-state index in [1.807, 2.05) is 19.3 Å². The molecule has 2 aromatic heterocycles. The largest absolute Gasteiger partial charge is 0.345 e. The fourth-order valence-electron chi connectivity index (χ4n) is 2.63. The first-order valence-electron chi connectivity index (χ1n) is 7.50. The summed E-state index contributed by atoms with van der Waals surface area (Å²) in [4.78, 5) is 19.4. The van der Waals surface area contributed by atoms with Gasteiger partial charge in [0.2, 0.25) is 0 Å². The Kier molecular flexibility index (Phi) is 3.53. The van der Waals surface area contributed by atoms with Crippen molar-refractivity contribution >= 4 is 0 Å². The van der Waals surface area contributed by atoms with Crippen LogP contribution in [0, 0.1) is 6.92 Å². The minimum absolute atomic E-state index is 0.0118. The number of aromatic amines is 1. The molecule has 0 bridgehead atoms. The first-order valence-corrected chi connectivity index (χ1v) is 7.50. The summed E-state index contributed by atoms with van der Waals surface area (Å²) >= 11 is 0. The molecule has 0 atom stereocenters. The molecule has 0 saturated heterocycles. The van der Waals surface area contributed by atoms with Gasteiger partial charge in [-0.15, -0.1) is 0 Å². The van der Waals surface area contributed by atoms with Gasteiger partial charge in [0, 0.05) is 54.3 Å². The van der Waals surface area contributed by atoms with Crippen LogP contribution in [0.1, 0.15) is 49.4 Å². The van der Waals surface area contributed by atoms with Crippen LogP contribution in [0.15, 0.2) is 12.4 Å². The Morgan fingerprint density at radius 3 is 2.71 bits per heavy atom. The molecule has 1 aliphatic rings. The topological polar surface area (TPSA) is 57.7 Å². The highest BCUT2D eigenvalue weighted by Crippen LogP contribution is 2.22. The van der Waals surface area contributed by atoms with E-state index < -0.39 is 0 Å². The van der Waals surface area contributed by atoms with Crippen molar-refractivity contribution in [2.45, 2.75) is 52.6 Å². The van der Waals surface area contributed by atoms with Gasteiger partial charge in [0.25, 0.3) is 0 Å². The van der Waals surface area contributed by atoms with Crippen molar-refractivity contribution < 1.29 is 0 Å². The summed E-state index contributed by atoms with van der Waals surface area (Å²) in [5.41, 5.74) is 3.58. The van der Waals surface area contributed by atoms with Crippen LogP contribution in [0.3, 0.4) is 0 Å². The maximum Gasteiger partial charge on any atom is 0.133 e. The summed E-state index contributed by atoms with van der Waals surface area (Å²) < 4.78 is 0. The summed E-state index contributed by atoms with van der Waals surface area (Å²) in [5.74, 6) is 1.97. The Morgan fingerprint density at radius 2 is 2.05 bits per heavy atom. The SMILES string of the molecule is Cc1cnc(CN2CCc3nc(C(C)(C)C)ncc3C2)[nH]1. The van der Waals surface area contributed by atoms with Crippen molar-refractivity contribution in [1.82, 2.24) is 24.8 Å². The van der Waals surface area contributed by atoms with Gasteiger partial charge >= 0.3 is 0 Å². The van der Waals surface area contributed by atoms with Crippen molar-refractivity contribution in [1.29, 1.82) is 0 Å². The molecule has 2 aromatic rings. The van der Waals surface area contributed by atoms with Crippen LogP contribution in [0.2, 0.25) is 0 Å². The molecule has 0 radical (unpaired) electrons. The van der Waals surface area contributed by atoms with E-state index >= 15 is 0 Å². The molecular weight excluding hydrogens is 262 g/mol. The fourth-order valence-corrected chi connectivity index (χ4v) is 2.63. The van der Waals surface area contributed by atoms with Crippen LogP contribution in [0.4, 0.5) is 0 Å². The van der Waals surface area contributed by atoms with Crippen LogP contribution >= 0.6 is 0 Å². The molecular formula is C16H23N5. The van der Waals surface area contributed by atoms with Gasteiger partial charge in [-0.05, 0) is 6.92 Å². The summed E-state index contributed by atoms with van der Waals surface area (Å²) in [6.07, 6.45) is 4.87. The second kappa shape index (κ2) is 5.22. The Hall–Kier alpha value is -1.75. The van der Waals surface area contributed by atoms with E-state index in [4.69, 9.17) is 4.98 Å². The molecule has 0 saturated carbocycles. The van der Waals surface area contributed by atoms with E-state index in [2.05, 4.69) is 40.6 Å². The molecule has 0 spiro atoms. The van der Waals surface area contributed by atoms with E-state index in [-0.39, 0.29) is 5.41 Å². The van der Waals surface area contributed by atoms with Gasteiger partial charge in [0.15, 0.2) is 0 Å². The number of hydrogen-bond acceptors (Lipinski definition) is 4. The van der Waals surface area contributed by atoms with E-state index in [0.29, 0.717) is 0 Å². The zero-order valence-electron chi connectivity index (χ0n) is 13.3. The summed E-state index contributed by atoms with van der Waals surface area (Å²) in [7, 11) is 0. The minimum atomic E-state index is 0.0118. The lowest BCUT2D eigenvalue weighted by atomic mass is 9.95. The van der Waals surface area contributed by atoms with E-state index in [9.17, 15) is 0 Å². The highest BCUT2D eigenvalue weighted by Gasteiger charge is 2.23. The molecule has 21 heavy (non-hydrogen) atoms. The Labute approximate surface area is 125 Å². The molecule has 0 fully saturated rings. The first kappa shape index (κ1) is 14.2. The third kappa shape index (κ3) is 3.13. The molecule has 0 amide bonds. The van der Waals surface area contributed by atoms with E-state index in [1.54, 1.807) is 0 Å².